The fourth-order valence-corrected chi connectivity index (χ4v) is 5.06. The van der Waals surface area contributed by atoms with Crippen LogP contribution in [0.25, 0.3) is 44.5 Å². The summed E-state index contributed by atoms with van der Waals surface area (Å²) in [6.45, 7) is 2.70. The molecular weight excluding hydrogens is 661 g/mol. The minimum Gasteiger partial charge on any atom is -0.455 e. The first-order valence-electron chi connectivity index (χ1n) is 15.0. The first-order chi connectivity index (χ1) is 20.2. The van der Waals surface area contributed by atoms with Crippen molar-refractivity contribution in [2.45, 2.75) is 33.3 Å². The van der Waals surface area contributed by atoms with Crippen molar-refractivity contribution >= 4 is 35.2 Å². The number of hydrogen-bond acceptors (Lipinski definition) is 3. The van der Waals surface area contributed by atoms with Crippen LogP contribution in [0.4, 0.5) is 0 Å². The summed E-state index contributed by atoms with van der Waals surface area (Å²) >= 11 is 0. The van der Waals surface area contributed by atoms with E-state index in [1.807, 2.05) is 24.4 Å². The molecule has 3 nitrogen and oxygen atoms in total. The molecule has 0 bridgehead atoms. The van der Waals surface area contributed by atoms with Gasteiger partial charge in [0.2, 0.25) is 0 Å². The molecule has 0 saturated carbocycles. The Morgan fingerprint density at radius 2 is 1.42 bits per heavy atom. The van der Waals surface area contributed by atoms with Gasteiger partial charge in [0.25, 0.3) is 0 Å². The van der Waals surface area contributed by atoms with Crippen molar-refractivity contribution in [3.63, 3.8) is 0 Å². The van der Waals surface area contributed by atoms with Gasteiger partial charge in [-0.25, -0.2) is 0 Å². The number of hydrogen-bond donors (Lipinski definition) is 0. The third-order valence-corrected chi connectivity index (χ3v) is 8.11. The molecule has 38 heavy (non-hydrogen) atoms. The van der Waals surface area contributed by atoms with Crippen molar-refractivity contribution in [1.82, 2.24) is 9.97 Å². The molecule has 0 aliphatic carbocycles. The molecule has 0 saturated heterocycles. The Balaban J connectivity index is 0.000000199. The van der Waals surface area contributed by atoms with E-state index >= 15 is 0 Å². The minimum absolute atomic E-state index is 0. The van der Waals surface area contributed by atoms with Crippen LogP contribution in [-0.2, 0) is 20.1 Å². The maximum atomic E-state index is 7.28. The molecule has 0 aliphatic rings. The topological polar surface area (TPSA) is 38.9 Å². The molecule has 3 aromatic heterocycles. The molecule has 0 aliphatic heterocycles. The van der Waals surface area contributed by atoms with E-state index in [0.717, 1.165) is 33.2 Å². The third-order valence-electron chi connectivity index (χ3n) is 6.07. The van der Waals surface area contributed by atoms with Crippen LogP contribution < -0.4 is 5.19 Å². The summed E-state index contributed by atoms with van der Waals surface area (Å²) in [5.74, 6) is 0. The van der Waals surface area contributed by atoms with Gasteiger partial charge >= 0.3 is 0 Å². The molecule has 0 spiro atoms. The normalized spacial score (nSPS) is 14.1. The second kappa shape index (κ2) is 11.6. The number of aryl methyl sites for hydroxylation is 2. The maximum Gasteiger partial charge on any atom is 0.151 e. The number of furan rings is 1. The molecule has 1 radical (unpaired) electrons. The van der Waals surface area contributed by atoms with Gasteiger partial charge in [0.15, 0.2) is 5.58 Å². The number of pyridine rings is 2. The Morgan fingerprint density at radius 3 is 2.08 bits per heavy atom. The van der Waals surface area contributed by atoms with E-state index in [2.05, 4.69) is 72.1 Å². The Labute approximate surface area is 247 Å². The number of nitrogens with zero attached hydrogens (tertiary/aromatic N) is 2. The SMILES string of the molecule is C[Si](C)(C)c1c[c-]c(-c2cc3c(cn2)oc2ccccc23)cc1.[2H]C([2H])([2H])c1c[c-]c(-c2ccc(C([2H])([2H])[2H])cn2)cc1.[Ir]. The van der Waals surface area contributed by atoms with Crippen molar-refractivity contribution in [3.05, 3.63) is 115 Å². The molecule has 0 unspecified atom stereocenters. The zero-order valence-corrected chi connectivity index (χ0v) is 24.7. The van der Waals surface area contributed by atoms with Crippen LogP contribution in [0, 0.1) is 25.8 Å². The maximum absolute atomic E-state index is 7.28. The van der Waals surface area contributed by atoms with Crippen molar-refractivity contribution in [3.8, 4) is 22.5 Å². The fraction of sp³-hybridized carbons (Fsp3) is 0.152. The quantitative estimate of drug-likeness (QED) is 0.139. The van der Waals surface area contributed by atoms with Crippen LogP contribution in [0.15, 0.2) is 95.7 Å². The molecule has 0 N–H and O–H groups in total. The van der Waals surface area contributed by atoms with Crippen LogP contribution in [0.3, 0.4) is 0 Å². The van der Waals surface area contributed by atoms with Gasteiger partial charge in [-0.2, -0.15) is 0 Å². The Hall–Kier alpha value is -3.37. The number of para-hydroxylation sites is 1. The second-order valence-electron chi connectivity index (χ2n) is 9.83. The number of aromatic nitrogens is 2. The minimum atomic E-state index is -2.18. The Kier molecular flexibility index (Phi) is 6.26. The summed E-state index contributed by atoms with van der Waals surface area (Å²) in [6, 6.07) is 30.5. The van der Waals surface area contributed by atoms with E-state index in [1.165, 1.54) is 29.6 Å². The van der Waals surface area contributed by atoms with Gasteiger partial charge in [0.1, 0.15) is 5.58 Å². The second-order valence-corrected chi connectivity index (χ2v) is 14.9. The first-order valence-corrected chi connectivity index (χ1v) is 15.5. The zero-order valence-electron chi connectivity index (χ0n) is 27.3. The summed E-state index contributed by atoms with van der Waals surface area (Å²) in [4.78, 5) is 8.63. The average Bonchev–Trinajstić information content (AvgIpc) is 3.34. The number of fused-ring (bicyclic) bond motifs is 3. The molecule has 6 aromatic rings. The predicted octanol–water partition coefficient (Wildman–Crippen LogP) is 8.16. The van der Waals surface area contributed by atoms with Gasteiger partial charge in [0.05, 0.1) is 6.20 Å². The number of rotatable bonds is 3. The van der Waals surface area contributed by atoms with E-state index in [0.29, 0.717) is 11.3 Å². The van der Waals surface area contributed by atoms with Crippen molar-refractivity contribution in [1.29, 1.82) is 0 Å². The van der Waals surface area contributed by atoms with Gasteiger partial charge in [0, 0.05) is 53.4 Å². The van der Waals surface area contributed by atoms with Gasteiger partial charge in [-0.1, -0.05) is 62.9 Å². The van der Waals surface area contributed by atoms with Crippen molar-refractivity contribution in [2.24, 2.45) is 0 Å². The van der Waals surface area contributed by atoms with E-state index in [4.69, 9.17) is 12.6 Å². The Morgan fingerprint density at radius 1 is 0.711 bits per heavy atom. The monoisotopic (exact) mass is 697 g/mol. The van der Waals surface area contributed by atoms with E-state index < -0.39 is 21.8 Å². The summed E-state index contributed by atoms with van der Waals surface area (Å²) in [7, 11) is -1.29. The first kappa shape index (κ1) is 20.6. The van der Waals surface area contributed by atoms with Gasteiger partial charge in [-0.15, -0.1) is 70.4 Å². The number of benzene rings is 3. The molecule has 3 heterocycles. The molecule has 6 rings (SSSR count). The average molecular weight is 697 g/mol. The smallest absolute Gasteiger partial charge is 0.151 e. The zero-order chi connectivity index (χ0) is 31.0. The third kappa shape index (κ3) is 6.19. The summed E-state index contributed by atoms with van der Waals surface area (Å²) in [5, 5.41) is 3.65. The van der Waals surface area contributed by atoms with E-state index in [1.54, 1.807) is 12.1 Å². The van der Waals surface area contributed by atoms with E-state index in [9.17, 15) is 0 Å². The van der Waals surface area contributed by atoms with Crippen LogP contribution >= 0.6 is 0 Å². The van der Waals surface area contributed by atoms with Gasteiger partial charge in [-0.05, 0) is 29.9 Å². The summed E-state index contributed by atoms with van der Waals surface area (Å²) < 4.78 is 49.5. The molecule has 193 valence electrons. The van der Waals surface area contributed by atoms with Crippen LogP contribution in [-0.4, -0.2) is 18.0 Å². The van der Waals surface area contributed by atoms with Gasteiger partial charge < -0.3 is 14.4 Å². The van der Waals surface area contributed by atoms with E-state index in [-0.39, 0.29) is 31.2 Å². The summed E-state index contributed by atoms with van der Waals surface area (Å²) in [5.41, 5.74) is 5.24. The summed E-state index contributed by atoms with van der Waals surface area (Å²) in [6.07, 6.45) is 3.11. The molecule has 5 heteroatoms. The van der Waals surface area contributed by atoms with Crippen LogP contribution in [0.2, 0.25) is 19.6 Å². The molecule has 3 aromatic carbocycles. The molecule has 0 atom stereocenters. The standard InChI is InChI=1S/C20H18NOSi.C13H12N.Ir/c1-23(2,3)15-10-8-14(9-11-15)18-12-17-16-6-4-5-7-19(16)22-20(17)13-21-18;1-10-3-6-12(7-4-10)13-8-5-11(2)9-14-13;/h4-8,10-13H,1-3H3;3-6,8-9H,1-2H3;/q2*-1;/i;1D3,2D3;. The van der Waals surface area contributed by atoms with Crippen molar-refractivity contribution in [2.75, 3.05) is 0 Å². The van der Waals surface area contributed by atoms with Crippen LogP contribution in [0.1, 0.15) is 19.4 Å². The molecule has 0 amide bonds. The molecular formula is C33H30IrN2OSi-2. The Bertz CT molecular complexity index is 1800. The van der Waals surface area contributed by atoms with Crippen molar-refractivity contribution < 1.29 is 32.7 Å². The fourth-order valence-electron chi connectivity index (χ4n) is 3.97. The predicted molar refractivity (Wildman–Crippen MR) is 157 cm³/mol. The molecule has 0 fully saturated rings. The van der Waals surface area contributed by atoms with Gasteiger partial charge in [-0.3, -0.25) is 0 Å². The van der Waals surface area contributed by atoms with Crippen LogP contribution in [0.5, 0.6) is 0 Å². The largest absolute Gasteiger partial charge is 0.455 e.